The van der Waals surface area contributed by atoms with E-state index in [2.05, 4.69) is 35.1 Å². The van der Waals surface area contributed by atoms with Gasteiger partial charge in [0.15, 0.2) is 5.76 Å². The number of nitrogens with one attached hydrogen (secondary N) is 1. The molecule has 29 heavy (non-hydrogen) atoms. The van der Waals surface area contributed by atoms with Crippen LogP contribution >= 0.6 is 0 Å². The third-order valence-electron chi connectivity index (χ3n) is 6.23. The number of hydrogen-bond acceptors (Lipinski definition) is 3. The molecule has 0 saturated heterocycles. The average Bonchev–Trinajstić information content (AvgIpc) is 3.34. The number of rotatable bonds is 4. The van der Waals surface area contributed by atoms with Crippen molar-refractivity contribution in [1.82, 2.24) is 14.9 Å². The highest BCUT2D eigenvalue weighted by molar-refractivity contribution is 5.96. The molecule has 1 saturated carbocycles. The van der Waals surface area contributed by atoms with Crippen molar-refractivity contribution in [3.05, 3.63) is 66.2 Å². The zero-order valence-corrected chi connectivity index (χ0v) is 16.6. The molecular weight excluding hydrogens is 362 g/mol. The third kappa shape index (κ3) is 3.41. The summed E-state index contributed by atoms with van der Waals surface area (Å²) in [6.07, 6.45) is 4.44. The fourth-order valence-corrected chi connectivity index (χ4v) is 4.57. The van der Waals surface area contributed by atoms with Gasteiger partial charge in [-0.05, 0) is 55.9 Å². The monoisotopic (exact) mass is 387 g/mol. The highest BCUT2D eigenvalue weighted by Crippen LogP contribution is 2.36. The lowest BCUT2D eigenvalue weighted by molar-refractivity contribution is 0.0917. The van der Waals surface area contributed by atoms with E-state index in [1.54, 1.807) is 0 Å². The second-order valence-corrected chi connectivity index (χ2v) is 8.09. The summed E-state index contributed by atoms with van der Waals surface area (Å²) in [4.78, 5) is 17.3. The van der Waals surface area contributed by atoms with Gasteiger partial charge in [0.05, 0.1) is 11.0 Å². The molecule has 1 amide bonds. The van der Waals surface area contributed by atoms with Crippen molar-refractivity contribution < 1.29 is 9.21 Å². The zero-order chi connectivity index (χ0) is 19.8. The molecule has 148 valence electrons. The predicted molar refractivity (Wildman–Crippen MR) is 114 cm³/mol. The highest BCUT2D eigenvalue weighted by Gasteiger charge is 2.26. The van der Waals surface area contributed by atoms with Crippen LogP contribution in [0.1, 0.15) is 48.0 Å². The van der Waals surface area contributed by atoms with Gasteiger partial charge in [-0.3, -0.25) is 4.79 Å². The third-order valence-corrected chi connectivity index (χ3v) is 6.23. The first-order valence-corrected chi connectivity index (χ1v) is 10.4. The second kappa shape index (κ2) is 7.39. The topological polar surface area (TPSA) is 60.1 Å². The maximum absolute atomic E-state index is 12.5. The van der Waals surface area contributed by atoms with Crippen LogP contribution in [0.4, 0.5) is 0 Å². The van der Waals surface area contributed by atoms with Crippen LogP contribution in [0.5, 0.6) is 0 Å². The molecule has 5 nitrogen and oxygen atoms in total. The van der Waals surface area contributed by atoms with Gasteiger partial charge in [-0.1, -0.05) is 30.3 Å². The van der Waals surface area contributed by atoms with Crippen LogP contribution in [0, 0.1) is 5.92 Å². The Balaban J connectivity index is 1.18. The van der Waals surface area contributed by atoms with E-state index >= 15 is 0 Å². The van der Waals surface area contributed by atoms with Gasteiger partial charge in [0, 0.05) is 24.9 Å². The van der Waals surface area contributed by atoms with Crippen LogP contribution < -0.4 is 5.32 Å². The summed E-state index contributed by atoms with van der Waals surface area (Å²) in [6, 6.07) is 17.8. The maximum Gasteiger partial charge on any atom is 0.287 e. The number of amides is 1. The lowest BCUT2D eigenvalue weighted by atomic mass is 9.81. The van der Waals surface area contributed by atoms with Crippen LogP contribution in [0.15, 0.2) is 59.0 Å². The van der Waals surface area contributed by atoms with Gasteiger partial charge in [0.2, 0.25) is 0 Å². The normalized spacial score (nSPS) is 19.6. The Hall–Kier alpha value is -3.08. The number of carbonyl (C=O) groups excluding carboxylic acids is 1. The van der Waals surface area contributed by atoms with Gasteiger partial charge >= 0.3 is 0 Å². The molecule has 1 N–H and O–H groups in total. The van der Waals surface area contributed by atoms with Crippen molar-refractivity contribution in [2.24, 2.45) is 13.0 Å². The molecule has 0 atom stereocenters. The minimum atomic E-state index is -0.126. The molecular formula is C24H25N3O2. The molecule has 1 aliphatic carbocycles. The number of nitrogens with zero attached hydrogens (tertiary/aromatic N) is 2. The number of benzene rings is 2. The summed E-state index contributed by atoms with van der Waals surface area (Å²) in [5, 5.41) is 4.02. The number of imidazole rings is 1. The standard InChI is InChI=1S/C24H25N3O2/c1-27-20-8-4-3-7-19(20)26-23(27)17-12-10-16(11-13-17)15-25-24(28)22-14-18-6-2-5-9-21(18)29-22/h2-9,14,16-17H,10-13,15H2,1H3,(H,25,28). The number of aromatic nitrogens is 2. The Kier molecular flexibility index (Phi) is 4.58. The average molecular weight is 387 g/mol. The summed E-state index contributed by atoms with van der Waals surface area (Å²) in [5.74, 6) is 2.46. The molecule has 0 spiro atoms. The first-order valence-electron chi connectivity index (χ1n) is 10.4. The fourth-order valence-electron chi connectivity index (χ4n) is 4.57. The van der Waals surface area contributed by atoms with E-state index in [0.717, 1.165) is 42.2 Å². The number of carbonyl (C=O) groups is 1. The largest absolute Gasteiger partial charge is 0.451 e. The molecule has 2 heterocycles. The van der Waals surface area contributed by atoms with Gasteiger partial charge in [-0.2, -0.15) is 0 Å². The lowest BCUT2D eigenvalue weighted by Gasteiger charge is -2.28. The van der Waals surface area contributed by atoms with Gasteiger partial charge in [-0.15, -0.1) is 0 Å². The molecule has 1 aliphatic rings. The van der Waals surface area contributed by atoms with Crippen molar-refractivity contribution >= 4 is 27.9 Å². The van der Waals surface area contributed by atoms with E-state index in [0.29, 0.717) is 24.1 Å². The van der Waals surface area contributed by atoms with Gasteiger partial charge in [0.25, 0.3) is 5.91 Å². The van der Waals surface area contributed by atoms with Crippen LogP contribution in [-0.2, 0) is 7.05 Å². The molecule has 0 aliphatic heterocycles. The van der Waals surface area contributed by atoms with Gasteiger partial charge in [0.1, 0.15) is 11.4 Å². The van der Waals surface area contributed by atoms with Crippen molar-refractivity contribution in [2.75, 3.05) is 6.54 Å². The van der Waals surface area contributed by atoms with Crippen molar-refractivity contribution in [1.29, 1.82) is 0 Å². The SMILES string of the molecule is Cn1c(C2CCC(CNC(=O)c3cc4ccccc4o3)CC2)nc2ccccc21. The summed E-state index contributed by atoms with van der Waals surface area (Å²) >= 11 is 0. The highest BCUT2D eigenvalue weighted by atomic mass is 16.3. The molecule has 2 aromatic heterocycles. The molecule has 5 heteroatoms. The molecule has 1 fully saturated rings. The first kappa shape index (κ1) is 18.0. The van der Waals surface area contributed by atoms with Crippen LogP contribution in [0.2, 0.25) is 0 Å². The minimum Gasteiger partial charge on any atom is -0.451 e. The molecule has 2 aromatic carbocycles. The number of aryl methyl sites for hydroxylation is 1. The molecule has 0 unspecified atom stereocenters. The van der Waals surface area contributed by atoms with E-state index in [4.69, 9.17) is 9.40 Å². The smallest absolute Gasteiger partial charge is 0.287 e. The van der Waals surface area contributed by atoms with Crippen LogP contribution in [0.25, 0.3) is 22.0 Å². The Labute approximate surface area is 169 Å². The minimum absolute atomic E-state index is 0.126. The molecule has 0 bridgehead atoms. The maximum atomic E-state index is 12.5. The second-order valence-electron chi connectivity index (χ2n) is 8.09. The Morgan fingerprint density at radius 3 is 2.66 bits per heavy atom. The van der Waals surface area contributed by atoms with Crippen molar-refractivity contribution in [3.8, 4) is 0 Å². The Morgan fingerprint density at radius 2 is 1.86 bits per heavy atom. The molecule has 4 aromatic rings. The summed E-state index contributed by atoms with van der Waals surface area (Å²) in [7, 11) is 2.12. The van der Waals surface area contributed by atoms with Crippen LogP contribution in [-0.4, -0.2) is 22.0 Å². The molecule has 5 rings (SSSR count). The quantitative estimate of drug-likeness (QED) is 0.535. The number of para-hydroxylation sites is 3. The summed E-state index contributed by atoms with van der Waals surface area (Å²) < 4.78 is 7.90. The number of hydrogen-bond donors (Lipinski definition) is 1. The predicted octanol–water partition coefficient (Wildman–Crippen LogP) is 5.02. The van der Waals surface area contributed by atoms with Gasteiger partial charge in [-0.25, -0.2) is 4.98 Å². The summed E-state index contributed by atoms with van der Waals surface area (Å²) in [6.45, 7) is 0.700. The zero-order valence-electron chi connectivity index (χ0n) is 16.6. The Bertz CT molecular complexity index is 1130. The number of furan rings is 1. The van der Waals surface area contributed by atoms with Crippen molar-refractivity contribution in [2.45, 2.75) is 31.6 Å². The van der Waals surface area contributed by atoms with Gasteiger partial charge < -0.3 is 14.3 Å². The lowest BCUT2D eigenvalue weighted by Crippen LogP contribution is -2.31. The van der Waals surface area contributed by atoms with Crippen molar-refractivity contribution in [3.63, 3.8) is 0 Å². The van der Waals surface area contributed by atoms with E-state index < -0.39 is 0 Å². The van der Waals surface area contributed by atoms with E-state index in [1.807, 2.05) is 36.4 Å². The number of fused-ring (bicyclic) bond motifs is 2. The van der Waals surface area contributed by atoms with E-state index in [1.165, 1.54) is 11.3 Å². The van der Waals surface area contributed by atoms with E-state index in [-0.39, 0.29) is 5.91 Å². The fraction of sp³-hybridized carbons (Fsp3) is 0.333. The van der Waals surface area contributed by atoms with Crippen LogP contribution in [0.3, 0.4) is 0 Å². The van der Waals surface area contributed by atoms with E-state index in [9.17, 15) is 4.79 Å². The summed E-state index contributed by atoms with van der Waals surface area (Å²) in [5.41, 5.74) is 3.02. The first-order chi connectivity index (χ1) is 14.2. The Morgan fingerprint density at radius 1 is 1.10 bits per heavy atom. The molecule has 0 radical (unpaired) electrons.